The molecule has 1 aliphatic rings. The Hall–Kier alpha value is -0.120. The molecule has 1 heterocycles. The van der Waals surface area contributed by atoms with Gasteiger partial charge in [-0.1, -0.05) is 0 Å². The molecular weight excluding hydrogens is 128 g/mol. The molecule has 1 saturated heterocycles. The van der Waals surface area contributed by atoms with Crippen molar-refractivity contribution in [2.24, 2.45) is 0 Å². The van der Waals surface area contributed by atoms with Crippen molar-refractivity contribution in [1.29, 1.82) is 0 Å². The summed E-state index contributed by atoms with van der Waals surface area (Å²) < 4.78 is 5.26. The molecule has 1 unspecified atom stereocenters. The lowest BCUT2D eigenvalue weighted by Crippen LogP contribution is -2.43. The summed E-state index contributed by atoms with van der Waals surface area (Å²) in [6.07, 6.45) is 0. The van der Waals surface area contributed by atoms with Crippen LogP contribution in [0.15, 0.2) is 0 Å². The van der Waals surface area contributed by atoms with Gasteiger partial charge in [0.1, 0.15) is 0 Å². The van der Waals surface area contributed by atoms with Crippen molar-refractivity contribution >= 4 is 0 Å². The minimum atomic E-state index is 0.406. The standard InChI is InChI=1S/C7H15N2O/c1-9(2)5-7-6-10-4-3-8-7/h5,7-8H,3-4,6H2,1-2H3. The van der Waals surface area contributed by atoms with Gasteiger partial charge in [-0.05, 0) is 14.1 Å². The number of likely N-dealkylation sites (N-methyl/N-ethyl adjacent to an activating group) is 1. The van der Waals surface area contributed by atoms with Gasteiger partial charge in [-0.2, -0.15) is 0 Å². The van der Waals surface area contributed by atoms with Gasteiger partial charge >= 0.3 is 0 Å². The lowest BCUT2D eigenvalue weighted by molar-refractivity contribution is 0.0788. The van der Waals surface area contributed by atoms with E-state index in [1.165, 1.54) is 0 Å². The third-order valence-electron chi connectivity index (χ3n) is 1.43. The van der Waals surface area contributed by atoms with Gasteiger partial charge in [0.15, 0.2) is 0 Å². The molecule has 10 heavy (non-hydrogen) atoms. The maximum atomic E-state index is 5.26. The fraction of sp³-hybridized carbons (Fsp3) is 0.857. The van der Waals surface area contributed by atoms with Crippen LogP contribution in [0, 0.1) is 6.54 Å². The van der Waals surface area contributed by atoms with Crippen LogP contribution in [0.1, 0.15) is 0 Å². The van der Waals surface area contributed by atoms with Crippen molar-refractivity contribution in [3.63, 3.8) is 0 Å². The van der Waals surface area contributed by atoms with Crippen molar-refractivity contribution in [3.8, 4) is 0 Å². The highest BCUT2D eigenvalue weighted by Gasteiger charge is 2.13. The van der Waals surface area contributed by atoms with Gasteiger partial charge in [-0.25, -0.2) is 0 Å². The van der Waals surface area contributed by atoms with E-state index in [2.05, 4.69) is 11.9 Å². The largest absolute Gasteiger partial charge is 0.378 e. The molecule has 3 nitrogen and oxygen atoms in total. The van der Waals surface area contributed by atoms with E-state index >= 15 is 0 Å². The van der Waals surface area contributed by atoms with Gasteiger partial charge in [0.05, 0.1) is 13.2 Å². The molecule has 1 aliphatic heterocycles. The maximum Gasteiger partial charge on any atom is 0.0636 e. The Morgan fingerprint density at radius 3 is 2.90 bits per heavy atom. The average molecular weight is 143 g/mol. The van der Waals surface area contributed by atoms with Gasteiger partial charge in [0.25, 0.3) is 0 Å². The second-order valence-electron chi connectivity index (χ2n) is 2.75. The monoisotopic (exact) mass is 143 g/mol. The number of hydrogen-bond donors (Lipinski definition) is 1. The molecule has 0 aromatic rings. The number of nitrogens with zero attached hydrogens (tertiary/aromatic N) is 1. The van der Waals surface area contributed by atoms with Crippen molar-refractivity contribution in [3.05, 3.63) is 6.54 Å². The Kier molecular flexibility index (Phi) is 3.12. The molecule has 0 aliphatic carbocycles. The summed E-state index contributed by atoms with van der Waals surface area (Å²) in [4.78, 5) is 2.05. The van der Waals surface area contributed by atoms with Gasteiger partial charge in [-0.3, -0.25) is 0 Å². The molecule has 3 heteroatoms. The molecule has 0 spiro atoms. The summed E-state index contributed by atoms with van der Waals surface area (Å²) in [5.74, 6) is 0. The minimum absolute atomic E-state index is 0.406. The molecule has 59 valence electrons. The summed E-state index contributed by atoms with van der Waals surface area (Å²) in [6.45, 7) is 4.74. The predicted molar refractivity (Wildman–Crippen MR) is 40.6 cm³/mol. The quantitative estimate of drug-likeness (QED) is 0.574. The molecule has 1 N–H and O–H groups in total. The normalized spacial score (nSPS) is 27.3. The van der Waals surface area contributed by atoms with E-state index < -0.39 is 0 Å². The Morgan fingerprint density at radius 1 is 1.60 bits per heavy atom. The minimum Gasteiger partial charge on any atom is -0.378 e. The van der Waals surface area contributed by atoms with Crippen LogP contribution in [-0.4, -0.2) is 44.8 Å². The number of morpholine rings is 1. The van der Waals surface area contributed by atoms with E-state index in [1.54, 1.807) is 0 Å². The first-order valence-corrected chi connectivity index (χ1v) is 3.61. The first kappa shape index (κ1) is 7.98. The van der Waals surface area contributed by atoms with Crippen molar-refractivity contribution in [2.75, 3.05) is 33.9 Å². The van der Waals surface area contributed by atoms with Crippen LogP contribution >= 0.6 is 0 Å². The highest BCUT2D eigenvalue weighted by Crippen LogP contribution is 1.97. The van der Waals surface area contributed by atoms with Gasteiger partial charge in [0.2, 0.25) is 0 Å². The van der Waals surface area contributed by atoms with E-state index in [0.29, 0.717) is 6.04 Å². The number of ether oxygens (including phenoxy) is 1. The third-order valence-corrected chi connectivity index (χ3v) is 1.43. The van der Waals surface area contributed by atoms with Crippen LogP contribution in [0.25, 0.3) is 0 Å². The molecular formula is C7H15N2O. The second-order valence-corrected chi connectivity index (χ2v) is 2.75. The molecule has 1 fully saturated rings. The summed E-state index contributed by atoms with van der Waals surface area (Å²) in [5.41, 5.74) is 0. The zero-order valence-electron chi connectivity index (χ0n) is 6.63. The molecule has 0 bridgehead atoms. The van der Waals surface area contributed by atoms with E-state index in [1.807, 2.05) is 19.0 Å². The Labute approximate surface area is 62.3 Å². The lowest BCUT2D eigenvalue weighted by Gasteiger charge is -2.25. The first-order valence-electron chi connectivity index (χ1n) is 3.61. The number of hydrogen-bond acceptors (Lipinski definition) is 3. The molecule has 1 rings (SSSR count). The first-order chi connectivity index (χ1) is 4.79. The Balaban J connectivity index is 2.13. The zero-order valence-corrected chi connectivity index (χ0v) is 6.63. The summed E-state index contributed by atoms with van der Waals surface area (Å²) in [7, 11) is 4.05. The molecule has 0 saturated carbocycles. The van der Waals surface area contributed by atoms with Gasteiger partial charge in [-0.15, -0.1) is 0 Å². The van der Waals surface area contributed by atoms with Crippen molar-refractivity contribution < 1.29 is 4.74 Å². The highest BCUT2D eigenvalue weighted by atomic mass is 16.5. The molecule has 0 amide bonds. The fourth-order valence-corrected chi connectivity index (χ4v) is 1.04. The zero-order chi connectivity index (χ0) is 7.40. The predicted octanol–water partition coefficient (Wildman–Crippen LogP) is -0.302. The molecule has 0 aromatic heterocycles. The average Bonchev–Trinajstić information content (AvgIpc) is 1.88. The maximum absolute atomic E-state index is 5.26. The Bertz CT molecular complexity index is 89.6. The second kappa shape index (κ2) is 3.91. The Morgan fingerprint density at radius 2 is 2.40 bits per heavy atom. The van der Waals surface area contributed by atoms with Gasteiger partial charge < -0.3 is 15.0 Å². The SMILES string of the molecule is CN(C)[CH]C1COCCN1. The fourth-order valence-electron chi connectivity index (χ4n) is 1.04. The van der Waals surface area contributed by atoms with Crippen molar-refractivity contribution in [2.45, 2.75) is 6.04 Å². The number of rotatable bonds is 2. The van der Waals surface area contributed by atoms with Crippen LogP contribution in [0.5, 0.6) is 0 Å². The molecule has 1 atom stereocenters. The smallest absolute Gasteiger partial charge is 0.0636 e. The lowest BCUT2D eigenvalue weighted by atomic mass is 10.3. The van der Waals surface area contributed by atoms with E-state index in [9.17, 15) is 0 Å². The van der Waals surface area contributed by atoms with Crippen LogP contribution in [-0.2, 0) is 4.74 Å². The third kappa shape index (κ3) is 2.64. The van der Waals surface area contributed by atoms with Gasteiger partial charge in [0, 0.05) is 19.1 Å². The van der Waals surface area contributed by atoms with E-state index in [-0.39, 0.29) is 0 Å². The summed E-state index contributed by atoms with van der Waals surface area (Å²) >= 11 is 0. The highest BCUT2D eigenvalue weighted by molar-refractivity contribution is 4.82. The van der Waals surface area contributed by atoms with Crippen LogP contribution in [0.2, 0.25) is 0 Å². The van der Waals surface area contributed by atoms with E-state index in [0.717, 1.165) is 19.8 Å². The molecule has 0 aromatic carbocycles. The van der Waals surface area contributed by atoms with Crippen molar-refractivity contribution in [1.82, 2.24) is 10.2 Å². The topological polar surface area (TPSA) is 24.5 Å². The van der Waals surface area contributed by atoms with Crippen LogP contribution < -0.4 is 5.32 Å². The van der Waals surface area contributed by atoms with Crippen LogP contribution in [0.4, 0.5) is 0 Å². The summed E-state index contributed by atoms with van der Waals surface area (Å²) in [6, 6.07) is 0.406. The molecule has 1 radical (unpaired) electrons. The summed E-state index contributed by atoms with van der Waals surface area (Å²) in [5, 5.41) is 3.33. The van der Waals surface area contributed by atoms with Crippen LogP contribution in [0.3, 0.4) is 0 Å². The van der Waals surface area contributed by atoms with E-state index in [4.69, 9.17) is 4.74 Å². The number of nitrogens with one attached hydrogen (secondary N) is 1.